The van der Waals surface area contributed by atoms with Gasteiger partial charge in [0.05, 0.1) is 0 Å². The summed E-state index contributed by atoms with van der Waals surface area (Å²) in [5.74, 6) is -0.154. The topological polar surface area (TPSA) is 54.4 Å². The van der Waals surface area contributed by atoms with Crippen LogP contribution in [0.25, 0.3) is 0 Å². The van der Waals surface area contributed by atoms with Gasteiger partial charge in [0, 0.05) is 6.26 Å². The smallest absolute Gasteiger partial charge is 0.179 e. The van der Waals surface area contributed by atoms with E-state index in [-0.39, 0.29) is 10.6 Å². The summed E-state index contributed by atoms with van der Waals surface area (Å²) in [7, 11) is -3.32. The molecule has 1 rings (SSSR count). The number of aromatic hydroxyl groups is 1. The molecular weight excluding hydrogens is 200 g/mol. The van der Waals surface area contributed by atoms with Crippen LogP contribution in [0.5, 0.6) is 5.75 Å². The van der Waals surface area contributed by atoms with Crippen molar-refractivity contribution in [1.29, 1.82) is 0 Å². The molecule has 0 fully saturated rings. The fraction of sp³-hybridized carbons (Fsp3) is 0.400. The van der Waals surface area contributed by atoms with E-state index >= 15 is 0 Å². The molecule has 0 aromatic heterocycles. The highest BCUT2D eigenvalue weighted by molar-refractivity contribution is 7.90. The van der Waals surface area contributed by atoms with Crippen molar-refractivity contribution in [3.8, 4) is 5.75 Å². The van der Waals surface area contributed by atoms with Gasteiger partial charge in [-0.2, -0.15) is 0 Å². The summed E-state index contributed by atoms with van der Waals surface area (Å²) >= 11 is 0. The van der Waals surface area contributed by atoms with Crippen molar-refractivity contribution in [2.45, 2.75) is 24.7 Å². The van der Waals surface area contributed by atoms with Crippen LogP contribution in [0.2, 0.25) is 0 Å². The lowest BCUT2D eigenvalue weighted by molar-refractivity contribution is 0.458. The standard InChI is InChI=1S/C10H14O3S/c1-3-4-8-5-6-10(9(11)7-8)14(2,12)13/h5-7,11H,3-4H2,1-2H3. The first-order chi connectivity index (χ1) is 6.45. The van der Waals surface area contributed by atoms with Gasteiger partial charge in [0.25, 0.3) is 0 Å². The minimum Gasteiger partial charge on any atom is -0.507 e. The van der Waals surface area contributed by atoms with Crippen molar-refractivity contribution < 1.29 is 13.5 Å². The Kier molecular flexibility index (Phi) is 3.16. The van der Waals surface area contributed by atoms with E-state index in [9.17, 15) is 13.5 Å². The van der Waals surface area contributed by atoms with Gasteiger partial charge in [0.1, 0.15) is 10.6 Å². The highest BCUT2D eigenvalue weighted by Gasteiger charge is 2.12. The molecule has 0 atom stereocenters. The molecule has 0 amide bonds. The third-order valence-electron chi connectivity index (χ3n) is 1.96. The van der Waals surface area contributed by atoms with Crippen LogP contribution in [0.4, 0.5) is 0 Å². The number of benzene rings is 1. The fourth-order valence-corrected chi connectivity index (χ4v) is 2.07. The summed E-state index contributed by atoms with van der Waals surface area (Å²) in [6.07, 6.45) is 2.90. The predicted molar refractivity (Wildman–Crippen MR) is 55.2 cm³/mol. The Bertz CT molecular complexity index is 421. The lowest BCUT2D eigenvalue weighted by atomic mass is 10.1. The van der Waals surface area contributed by atoms with E-state index in [4.69, 9.17) is 0 Å². The van der Waals surface area contributed by atoms with Crippen molar-refractivity contribution in [2.75, 3.05) is 6.26 Å². The summed E-state index contributed by atoms with van der Waals surface area (Å²) in [4.78, 5) is -0.00245. The first-order valence-electron chi connectivity index (χ1n) is 4.47. The summed E-state index contributed by atoms with van der Waals surface area (Å²) in [5, 5.41) is 9.47. The Morgan fingerprint density at radius 1 is 1.36 bits per heavy atom. The van der Waals surface area contributed by atoms with Crippen molar-refractivity contribution in [2.24, 2.45) is 0 Å². The van der Waals surface area contributed by atoms with Gasteiger partial charge in [0.2, 0.25) is 0 Å². The molecule has 0 saturated carbocycles. The second-order valence-corrected chi connectivity index (χ2v) is 5.31. The molecule has 1 N–H and O–H groups in total. The largest absolute Gasteiger partial charge is 0.507 e. The van der Waals surface area contributed by atoms with Gasteiger partial charge in [-0.25, -0.2) is 8.42 Å². The Morgan fingerprint density at radius 3 is 2.43 bits per heavy atom. The zero-order valence-corrected chi connectivity index (χ0v) is 9.13. The maximum atomic E-state index is 11.2. The molecule has 0 aliphatic heterocycles. The van der Waals surface area contributed by atoms with E-state index in [0.717, 1.165) is 24.7 Å². The number of phenols is 1. The van der Waals surface area contributed by atoms with E-state index in [1.165, 1.54) is 12.1 Å². The van der Waals surface area contributed by atoms with Gasteiger partial charge in [0.15, 0.2) is 9.84 Å². The Balaban J connectivity index is 3.15. The highest BCUT2D eigenvalue weighted by Crippen LogP contribution is 2.23. The molecule has 1 aromatic rings. The fourth-order valence-electron chi connectivity index (χ4n) is 1.32. The summed E-state index contributed by atoms with van der Waals surface area (Å²) in [6.45, 7) is 2.03. The zero-order chi connectivity index (χ0) is 10.8. The second-order valence-electron chi connectivity index (χ2n) is 3.32. The SMILES string of the molecule is CCCc1ccc(S(C)(=O)=O)c(O)c1. The van der Waals surface area contributed by atoms with E-state index in [2.05, 4.69) is 0 Å². The van der Waals surface area contributed by atoms with Gasteiger partial charge in [-0.15, -0.1) is 0 Å². The molecule has 0 radical (unpaired) electrons. The maximum Gasteiger partial charge on any atom is 0.179 e. The van der Waals surface area contributed by atoms with Crippen LogP contribution in [0.15, 0.2) is 23.1 Å². The van der Waals surface area contributed by atoms with E-state index in [1.807, 2.05) is 6.92 Å². The molecule has 4 heteroatoms. The minimum atomic E-state index is -3.32. The van der Waals surface area contributed by atoms with Crippen molar-refractivity contribution in [3.63, 3.8) is 0 Å². The van der Waals surface area contributed by atoms with E-state index in [1.54, 1.807) is 6.07 Å². The van der Waals surface area contributed by atoms with Crippen LogP contribution in [-0.4, -0.2) is 19.8 Å². The minimum absolute atomic E-state index is 0.00245. The Labute approximate surface area is 84.3 Å². The van der Waals surface area contributed by atoms with Gasteiger partial charge >= 0.3 is 0 Å². The first kappa shape index (κ1) is 11.0. The lowest BCUT2D eigenvalue weighted by Crippen LogP contribution is -1.98. The summed E-state index contributed by atoms with van der Waals surface area (Å²) in [5.41, 5.74) is 0.956. The highest BCUT2D eigenvalue weighted by atomic mass is 32.2. The number of aryl methyl sites for hydroxylation is 1. The molecule has 0 bridgehead atoms. The lowest BCUT2D eigenvalue weighted by Gasteiger charge is -2.04. The van der Waals surface area contributed by atoms with Crippen molar-refractivity contribution >= 4 is 9.84 Å². The Hall–Kier alpha value is -1.03. The monoisotopic (exact) mass is 214 g/mol. The van der Waals surface area contributed by atoms with Crippen LogP contribution in [0.3, 0.4) is 0 Å². The molecule has 0 aliphatic carbocycles. The second kappa shape index (κ2) is 4.00. The molecule has 0 saturated heterocycles. The van der Waals surface area contributed by atoms with Gasteiger partial charge < -0.3 is 5.11 Å². The molecule has 0 spiro atoms. The summed E-state index contributed by atoms with van der Waals surface area (Å²) in [6, 6.07) is 4.70. The van der Waals surface area contributed by atoms with E-state index < -0.39 is 9.84 Å². The number of hydrogen-bond donors (Lipinski definition) is 1. The summed E-state index contributed by atoms with van der Waals surface area (Å²) < 4.78 is 22.3. The first-order valence-corrected chi connectivity index (χ1v) is 6.36. The van der Waals surface area contributed by atoms with E-state index in [0.29, 0.717) is 0 Å². The molecule has 78 valence electrons. The average molecular weight is 214 g/mol. The quantitative estimate of drug-likeness (QED) is 0.834. The predicted octanol–water partition coefficient (Wildman–Crippen LogP) is 1.75. The zero-order valence-electron chi connectivity index (χ0n) is 8.32. The van der Waals surface area contributed by atoms with Crippen LogP contribution in [0.1, 0.15) is 18.9 Å². The number of rotatable bonds is 3. The van der Waals surface area contributed by atoms with Crippen LogP contribution in [-0.2, 0) is 16.3 Å². The molecule has 0 unspecified atom stereocenters. The number of phenolic OH excluding ortho intramolecular Hbond substituents is 1. The molecule has 3 nitrogen and oxygen atoms in total. The third-order valence-corrected chi connectivity index (χ3v) is 3.11. The maximum absolute atomic E-state index is 11.2. The molecule has 1 aromatic carbocycles. The van der Waals surface area contributed by atoms with Crippen LogP contribution >= 0.6 is 0 Å². The van der Waals surface area contributed by atoms with Crippen molar-refractivity contribution in [1.82, 2.24) is 0 Å². The number of sulfone groups is 1. The molecular formula is C10H14O3S. The van der Waals surface area contributed by atoms with Crippen molar-refractivity contribution in [3.05, 3.63) is 23.8 Å². The molecule has 0 aliphatic rings. The van der Waals surface area contributed by atoms with Crippen LogP contribution < -0.4 is 0 Å². The normalized spacial score (nSPS) is 11.6. The molecule has 14 heavy (non-hydrogen) atoms. The Morgan fingerprint density at radius 2 is 2.00 bits per heavy atom. The van der Waals surface area contributed by atoms with Gasteiger partial charge in [-0.05, 0) is 24.1 Å². The number of hydrogen-bond acceptors (Lipinski definition) is 3. The van der Waals surface area contributed by atoms with Gasteiger partial charge in [-0.1, -0.05) is 19.4 Å². The molecule has 0 heterocycles. The van der Waals surface area contributed by atoms with Crippen LogP contribution in [0, 0.1) is 0 Å². The third kappa shape index (κ3) is 2.48. The van der Waals surface area contributed by atoms with Gasteiger partial charge in [-0.3, -0.25) is 0 Å². The average Bonchev–Trinajstić information content (AvgIpc) is 2.02.